The smallest absolute Gasteiger partial charge is 0.0538 e. The summed E-state index contributed by atoms with van der Waals surface area (Å²) in [5, 5.41) is 1.70. The SMILES string of the molecule is C=CS/N=C(\C=C)C(C)(C)C. The Bertz CT molecular complexity index is 174. The summed E-state index contributed by atoms with van der Waals surface area (Å²) in [7, 11) is 0. The number of nitrogens with zero attached hydrogens (tertiary/aromatic N) is 1. The van der Waals surface area contributed by atoms with Crippen molar-refractivity contribution >= 4 is 17.7 Å². The van der Waals surface area contributed by atoms with E-state index in [0.717, 1.165) is 5.71 Å². The Hall–Kier alpha value is -0.500. The van der Waals surface area contributed by atoms with Crippen molar-refractivity contribution in [2.45, 2.75) is 20.8 Å². The second-order valence-electron chi connectivity index (χ2n) is 3.20. The Balaban J connectivity index is 4.39. The molecule has 0 saturated heterocycles. The van der Waals surface area contributed by atoms with Crippen LogP contribution in [0.25, 0.3) is 0 Å². The monoisotopic (exact) mass is 169 g/mol. The fourth-order valence-corrected chi connectivity index (χ4v) is 1.11. The van der Waals surface area contributed by atoms with Gasteiger partial charge in [0.15, 0.2) is 0 Å². The van der Waals surface area contributed by atoms with Crippen molar-refractivity contribution in [2.75, 3.05) is 0 Å². The zero-order valence-electron chi connectivity index (χ0n) is 7.42. The van der Waals surface area contributed by atoms with Crippen LogP contribution in [0.4, 0.5) is 0 Å². The summed E-state index contributed by atoms with van der Waals surface area (Å²) in [6.45, 7) is 13.6. The van der Waals surface area contributed by atoms with E-state index in [9.17, 15) is 0 Å². The lowest BCUT2D eigenvalue weighted by molar-refractivity contribution is 0.596. The average molecular weight is 169 g/mol. The molecule has 0 aromatic rings. The fraction of sp³-hybridized carbons (Fsp3) is 0.444. The van der Waals surface area contributed by atoms with Crippen LogP contribution < -0.4 is 0 Å². The molecule has 11 heavy (non-hydrogen) atoms. The zero-order chi connectivity index (χ0) is 8.91. The zero-order valence-corrected chi connectivity index (χ0v) is 8.24. The van der Waals surface area contributed by atoms with Gasteiger partial charge in [-0.3, -0.25) is 0 Å². The van der Waals surface area contributed by atoms with E-state index in [-0.39, 0.29) is 5.41 Å². The molecule has 1 nitrogen and oxygen atoms in total. The molecule has 0 atom stereocenters. The Morgan fingerprint density at radius 1 is 1.36 bits per heavy atom. The molecule has 0 amide bonds. The number of hydrogen-bond donors (Lipinski definition) is 0. The second-order valence-corrected chi connectivity index (χ2v) is 3.93. The van der Waals surface area contributed by atoms with E-state index in [2.05, 4.69) is 38.3 Å². The van der Waals surface area contributed by atoms with Gasteiger partial charge in [-0.1, -0.05) is 33.9 Å². The van der Waals surface area contributed by atoms with Gasteiger partial charge in [0.2, 0.25) is 0 Å². The van der Waals surface area contributed by atoms with Gasteiger partial charge in [0.05, 0.1) is 5.71 Å². The Kier molecular flexibility index (Phi) is 4.19. The van der Waals surface area contributed by atoms with Crippen molar-refractivity contribution in [3.05, 3.63) is 24.6 Å². The normalized spacial score (nSPS) is 12.8. The van der Waals surface area contributed by atoms with Gasteiger partial charge in [0.25, 0.3) is 0 Å². The van der Waals surface area contributed by atoms with Gasteiger partial charge >= 0.3 is 0 Å². The summed E-state index contributed by atoms with van der Waals surface area (Å²) >= 11 is 1.35. The molecule has 0 aliphatic rings. The summed E-state index contributed by atoms with van der Waals surface area (Å²) in [4.78, 5) is 0. The van der Waals surface area contributed by atoms with E-state index < -0.39 is 0 Å². The highest BCUT2D eigenvalue weighted by molar-refractivity contribution is 8.01. The summed E-state index contributed by atoms with van der Waals surface area (Å²) in [6, 6.07) is 0. The summed E-state index contributed by atoms with van der Waals surface area (Å²) in [6.07, 6.45) is 1.79. The molecule has 0 aromatic carbocycles. The topological polar surface area (TPSA) is 12.4 Å². The molecule has 0 aromatic heterocycles. The maximum Gasteiger partial charge on any atom is 0.0538 e. The molecule has 0 rings (SSSR count). The van der Waals surface area contributed by atoms with Crippen LogP contribution in [0.2, 0.25) is 0 Å². The first-order valence-corrected chi connectivity index (χ1v) is 4.33. The number of hydrogen-bond acceptors (Lipinski definition) is 2. The van der Waals surface area contributed by atoms with Crippen molar-refractivity contribution < 1.29 is 0 Å². The maximum atomic E-state index is 4.23. The maximum absolute atomic E-state index is 4.23. The highest BCUT2D eigenvalue weighted by Gasteiger charge is 2.15. The third kappa shape index (κ3) is 4.04. The molecular weight excluding hydrogens is 154 g/mol. The minimum Gasteiger partial charge on any atom is -0.216 e. The third-order valence-electron chi connectivity index (χ3n) is 1.19. The molecule has 0 bridgehead atoms. The van der Waals surface area contributed by atoms with Crippen molar-refractivity contribution in [2.24, 2.45) is 9.81 Å². The van der Waals surface area contributed by atoms with E-state index in [1.54, 1.807) is 11.5 Å². The summed E-state index contributed by atoms with van der Waals surface area (Å²) in [5.41, 5.74) is 1.08. The van der Waals surface area contributed by atoms with Crippen molar-refractivity contribution in [1.29, 1.82) is 0 Å². The molecular formula is C9H15NS. The molecule has 0 heterocycles. The van der Waals surface area contributed by atoms with Crippen LogP contribution in [0.15, 0.2) is 29.0 Å². The van der Waals surface area contributed by atoms with Gasteiger partial charge < -0.3 is 0 Å². The minimum atomic E-state index is 0.0811. The molecule has 0 unspecified atom stereocenters. The summed E-state index contributed by atoms with van der Waals surface area (Å²) < 4.78 is 4.23. The molecule has 0 N–H and O–H groups in total. The van der Waals surface area contributed by atoms with Gasteiger partial charge in [0, 0.05) is 17.4 Å². The minimum absolute atomic E-state index is 0.0811. The predicted octanol–water partition coefficient (Wildman–Crippen LogP) is 3.45. The number of rotatable bonds is 3. The fourth-order valence-electron chi connectivity index (χ4n) is 0.574. The lowest BCUT2D eigenvalue weighted by atomic mass is 9.90. The van der Waals surface area contributed by atoms with E-state index in [4.69, 9.17) is 0 Å². The largest absolute Gasteiger partial charge is 0.216 e. The Morgan fingerprint density at radius 2 is 1.91 bits per heavy atom. The van der Waals surface area contributed by atoms with Gasteiger partial charge in [0.1, 0.15) is 0 Å². The molecule has 2 heteroatoms. The number of allylic oxidation sites excluding steroid dienone is 1. The molecule has 0 aliphatic carbocycles. The molecule has 0 spiro atoms. The Labute approximate surface area is 73.4 Å². The molecule has 0 fully saturated rings. The van der Waals surface area contributed by atoms with E-state index in [1.807, 2.05) is 0 Å². The van der Waals surface area contributed by atoms with Crippen LogP contribution in [-0.2, 0) is 0 Å². The van der Waals surface area contributed by atoms with Gasteiger partial charge in [-0.05, 0) is 11.5 Å². The van der Waals surface area contributed by atoms with Crippen molar-refractivity contribution in [3.63, 3.8) is 0 Å². The molecule has 0 aliphatic heterocycles. The quantitative estimate of drug-likeness (QED) is 0.465. The molecule has 0 radical (unpaired) electrons. The van der Waals surface area contributed by atoms with Gasteiger partial charge in [-0.15, -0.1) is 0 Å². The first kappa shape index (κ1) is 10.5. The highest BCUT2D eigenvalue weighted by Crippen LogP contribution is 2.19. The molecule has 62 valence electrons. The van der Waals surface area contributed by atoms with Crippen LogP contribution in [0, 0.1) is 5.41 Å². The van der Waals surface area contributed by atoms with Crippen LogP contribution in [0.1, 0.15) is 20.8 Å². The molecule has 0 saturated carbocycles. The second kappa shape index (κ2) is 4.39. The van der Waals surface area contributed by atoms with E-state index in [1.165, 1.54) is 11.9 Å². The van der Waals surface area contributed by atoms with Gasteiger partial charge in [-0.25, -0.2) is 4.40 Å². The van der Waals surface area contributed by atoms with E-state index >= 15 is 0 Å². The van der Waals surface area contributed by atoms with Crippen LogP contribution in [0.3, 0.4) is 0 Å². The lowest BCUT2D eigenvalue weighted by Gasteiger charge is -2.17. The van der Waals surface area contributed by atoms with Crippen molar-refractivity contribution in [3.8, 4) is 0 Å². The Morgan fingerprint density at radius 3 is 2.18 bits per heavy atom. The first-order valence-electron chi connectivity index (χ1n) is 3.50. The van der Waals surface area contributed by atoms with Crippen LogP contribution in [-0.4, -0.2) is 5.71 Å². The van der Waals surface area contributed by atoms with Crippen LogP contribution in [0.5, 0.6) is 0 Å². The third-order valence-corrected chi connectivity index (χ3v) is 1.64. The summed E-state index contributed by atoms with van der Waals surface area (Å²) in [5.74, 6) is 0. The predicted molar refractivity (Wildman–Crippen MR) is 54.9 cm³/mol. The standard InChI is InChI=1S/C9H15NS/c1-6-8(9(3,4)5)10-11-7-2/h6-7H,1-2H2,3-5H3/b10-8+. The first-order chi connectivity index (χ1) is 5.02. The average Bonchev–Trinajstić information content (AvgIpc) is 1.87. The lowest BCUT2D eigenvalue weighted by Crippen LogP contribution is -2.16. The van der Waals surface area contributed by atoms with Crippen LogP contribution >= 0.6 is 11.9 Å². The highest BCUT2D eigenvalue weighted by atomic mass is 32.2. The van der Waals surface area contributed by atoms with Gasteiger partial charge in [-0.2, -0.15) is 0 Å². The van der Waals surface area contributed by atoms with E-state index in [0.29, 0.717) is 0 Å². The van der Waals surface area contributed by atoms with Crippen molar-refractivity contribution in [1.82, 2.24) is 0 Å².